The maximum absolute atomic E-state index is 13.5. The molecule has 0 unspecified atom stereocenters. The van der Waals surface area contributed by atoms with Crippen molar-refractivity contribution in [2.75, 3.05) is 7.11 Å². The van der Waals surface area contributed by atoms with Crippen molar-refractivity contribution in [1.29, 1.82) is 0 Å². The van der Waals surface area contributed by atoms with E-state index in [0.717, 1.165) is 6.92 Å². The Bertz CT molecular complexity index is 436. The minimum Gasteiger partial charge on any atom is -0.466 e. The molecule has 0 fully saturated rings. The zero-order valence-electron chi connectivity index (χ0n) is 9.53. The van der Waals surface area contributed by atoms with Crippen molar-refractivity contribution in [1.82, 2.24) is 0 Å². The fourth-order valence-corrected chi connectivity index (χ4v) is 1.06. The molecule has 1 aromatic heterocycles. The first-order chi connectivity index (χ1) is 7.95. The molecule has 1 aromatic rings. The first kappa shape index (κ1) is 13.0. The molecule has 0 aliphatic rings. The van der Waals surface area contributed by atoms with Crippen LogP contribution in [-0.4, -0.2) is 19.0 Å². The van der Waals surface area contributed by atoms with E-state index in [1.165, 1.54) is 14.0 Å². The highest BCUT2D eigenvalue weighted by Crippen LogP contribution is 2.34. The smallest absolute Gasteiger partial charge is 0.326 e. The first-order valence-electron chi connectivity index (χ1n) is 4.62. The molecule has 6 nitrogen and oxygen atoms in total. The van der Waals surface area contributed by atoms with Crippen LogP contribution in [0.1, 0.15) is 19.6 Å². The standard InChI is InChI=1S/C10H11FO6/c1-5(12)15-4-7-9(16-6(2)13)8(11)10(14-3)17-7/h4H2,1-3H3. The largest absolute Gasteiger partial charge is 0.466 e. The molecule has 1 heterocycles. The van der Waals surface area contributed by atoms with Gasteiger partial charge >= 0.3 is 17.9 Å². The average molecular weight is 246 g/mol. The van der Waals surface area contributed by atoms with Crippen LogP contribution in [0.25, 0.3) is 0 Å². The van der Waals surface area contributed by atoms with Crippen LogP contribution in [-0.2, 0) is 20.9 Å². The van der Waals surface area contributed by atoms with Gasteiger partial charge in [0.1, 0.15) is 0 Å². The Morgan fingerprint density at radius 3 is 2.41 bits per heavy atom. The third kappa shape index (κ3) is 3.20. The van der Waals surface area contributed by atoms with E-state index in [1.807, 2.05) is 0 Å². The van der Waals surface area contributed by atoms with Crippen LogP contribution in [0.2, 0.25) is 0 Å². The number of hydrogen-bond acceptors (Lipinski definition) is 6. The zero-order valence-corrected chi connectivity index (χ0v) is 9.53. The summed E-state index contributed by atoms with van der Waals surface area (Å²) >= 11 is 0. The second-order valence-electron chi connectivity index (χ2n) is 3.03. The first-order valence-corrected chi connectivity index (χ1v) is 4.62. The summed E-state index contributed by atoms with van der Waals surface area (Å²) in [4.78, 5) is 21.4. The Hall–Kier alpha value is -2.05. The zero-order chi connectivity index (χ0) is 13.0. The number of furan rings is 1. The molecule has 7 heteroatoms. The highest BCUT2D eigenvalue weighted by Gasteiger charge is 2.25. The highest BCUT2D eigenvalue weighted by molar-refractivity contribution is 5.70. The van der Waals surface area contributed by atoms with Crippen LogP contribution >= 0.6 is 0 Å². The predicted molar refractivity (Wildman–Crippen MR) is 52.0 cm³/mol. The molecule has 0 atom stereocenters. The monoisotopic (exact) mass is 246 g/mol. The number of halogens is 1. The Morgan fingerprint density at radius 1 is 1.29 bits per heavy atom. The van der Waals surface area contributed by atoms with Crippen molar-refractivity contribution >= 4 is 11.9 Å². The van der Waals surface area contributed by atoms with Crippen molar-refractivity contribution in [2.45, 2.75) is 20.5 Å². The molecule has 0 N–H and O–H groups in total. The van der Waals surface area contributed by atoms with E-state index < -0.39 is 29.5 Å². The third-order valence-corrected chi connectivity index (χ3v) is 1.69. The van der Waals surface area contributed by atoms with Gasteiger partial charge in [0.15, 0.2) is 12.4 Å². The van der Waals surface area contributed by atoms with Gasteiger partial charge in [0, 0.05) is 13.8 Å². The Kier molecular flexibility index (Phi) is 4.08. The van der Waals surface area contributed by atoms with E-state index in [0.29, 0.717) is 0 Å². The second-order valence-corrected chi connectivity index (χ2v) is 3.03. The maximum atomic E-state index is 13.5. The van der Waals surface area contributed by atoms with E-state index in [-0.39, 0.29) is 12.4 Å². The quantitative estimate of drug-likeness (QED) is 0.748. The molecule has 0 aliphatic heterocycles. The molecule has 0 saturated carbocycles. The summed E-state index contributed by atoms with van der Waals surface area (Å²) in [5, 5.41) is 0. The van der Waals surface area contributed by atoms with Gasteiger partial charge in [0.2, 0.25) is 11.6 Å². The number of ether oxygens (including phenoxy) is 3. The summed E-state index contributed by atoms with van der Waals surface area (Å²) in [6.07, 6.45) is 0. The maximum Gasteiger partial charge on any atom is 0.326 e. The molecule has 0 amide bonds. The van der Waals surface area contributed by atoms with Crippen LogP contribution in [0.5, 0.6) is 11.7 Å². The van der Waals surface area contributed by atoms with E-state index in [2.05, 4.69) is 14.2 Å². The van der Waals surface area contributed by atoms with E-state index in [1.54, 1.807) is 0 Å². The van der Waals surface area contributed by atoms with Crippen molar-refractivity contribution < 1.29 is 32.6 Å². The molecule has 94 valence electrons. The summed E-state index contributed by atoms with van der Waals surface area (Å²) in [5.74, 6) is -3.26. The lowest BCUT2D eigenvalue weighted by molar-refractivity contribution is -0.142. The second kappa shape index (κ2) is 5.33. The molecule has 0 radical (unpaired) electrons. The lowest BCUT2D eigenvalue weighted by atomic mass is 10.4. The lowest BCUT2D eigenvalue weighted by Crippen LogP contribution is -2.05. The van der Waals surface area contributed by atoms with Gasteiger partial charge in [-0.2, -0.15) is 4.39 Å². The van der Waals surface area contributed by atoms with Crippen molar-refractivity contribution in [3.63, 3.8) is 0 Å². The number of hydrogen-bond donors (Lipinski definition) is 0. The van der Waals surface area contributed by atoms with Crippen LogP contribution in [0.15, 0.2) is 4.42 Å². The van der Waals surface area contributed by atoms with Crippen LogP contribution < -0.4 is 9.47 Å². The van der Waals surface area contributed by atoms with Gasteiger partial charge in [-0.3, -0.25) is 9.59 Å². The van der Waals surface area contributed by atoms with Gasteiger partial charge in [-0.25, -0.2) is 0 Å². The minimum atomic E-state index is -0.954. The summed E-state index contributed by atoms with van der Waals surface area (Å²) in [6.45, 7) is 1.94. The molecule has 1 rings (SSSR count). The lowest BCUT2D eigenvalue weighted by Gasteiger charge is -2.01. The van der Waals surface area contributed by atoms with Crippen LogP contribution in [0.3, 0.4) is 0 Å². The normalized spacial score (nSPS) is 9.88. The Balaban J connectivity index is 3.00. The van der Waals surface area contributed by atoms with E-state index >= 15 is 0 Å². The molecular formula is C10H11FO6. The number of rotatable bonds is 4. The van der Waals surface area contributed by atoms with Gasteiger partial charge in [0.25, 0.3) is 0 Å². The van der Waals surface area contributed by atoms with Crippen molar-refractivity contribution in [3.05, 3.63) is 11.6 Å². The molecule has 0 aromatic carbocycles. The van der Waals surface area contributed by atoms with E-state index in [9.17, 15) is 14.0 Å². The summed E-state index contributed by atoms with van der Waals surface area (Å²) in [6, 6.07) is 0. The van der Waals surface area contributed by atoms with Gasteiger partial charge in [0.05, 0.1) is 7.11 Å². The van der Waals surface area contributed by atoms with Gasteiger partial charge in [-0.05, 0) is 0 Å². The fourth-order valence-electron chi connectivity index (χ4n) is 1.06. The number of carbonyl (C=O) groups is 2. The Morgan fingerprint density at radius 2 is 1.94 bits per heavy atom. The topological polar surface area (TPSA) is 75.0 Å². The summed E-state index contributed by atoms with van der Waals surface area (Å²) in [5.41, 5.74) is 0. The molecule has 17 heavy (non-hydrogen) atoms. The molecule has 0 saturated heterocycles. The highest BCUT2D eigenvalue weighted by atomic mass is 19.1. The summed E-state index contributed by atoms with van der Waals surface area (Å²) < 4.78 is 32.2. The number of carbonyl (C=O) groups excluding carboxylic acids is 2. The van der Waals surface area contributed by atoms with Gasteiger partial charge in [-0.15, -0.1) is 0 Å². The molecule has 0 bridgehead atoms. The Labute approximate surface area is 96.2 Å². The van der Waals surface area contributed by atoms with Crippen LogP contribution in [0, 0.1) is 5.82 Å². The van der Waals surface area contributed by atoms with Crippen molar-refractivity contribution in [2.24, 2.45) is 0 Å². The molecular weight excluding hydrogens is 235 g/mol. The number of methoxy groups -OCH3 is 1. The fraction of sp³-hybridized carbons (Fsp3) is 0.400. The SMILES string of the molecule is COc1oc(COC(C)=O)c(OC(C)=O)c1F. The minimum absolute atomic E-state index is 0.134. The van der Waals surface area contributed by atoms with Gasteiger partial charge < -0.3 is 18.6 Å². The van der Waals surface area contributed by atoms with Crippen LogP contribution in [0.4, 0.5) is 4.39 Å². The average Bonchev–Trinajstić information content (AvgIpc) is 2.53. The van der Waals surface area contributed by atoms with Crippen molar-refractivity contribution in [3.8, 4) is 11.7 Å². The number of esters is 2. The molecule has 0 aliphatic carbocycles. The molecule has 0 spiro atoms. The summed E-state index contributed by atoms with van der Waals surface area (Å²) in [7, 11) is 1.19. The van der Waals surface area contributed by atoms with Gasteiger partial charge in [-0.1, -0.05) is 0 Å². The predicted octanol–water partition coefficient (Wildman–Crippen LogP) is 1.42. The van der Waals surface area contributed by atoms with E-state index in [4.69, 9.17) is 4.42 Å². The third-order valence-electron chi connectivity index (χ3n) is 1.69.